The van der Waals surface area contributed by atoms with Crippen LogP contribution < -0.4 is 5.32 Å². The highest BCUT2D eigenvalue weighted by Gasteiger charge is 2.31. The van der Waals surface area contributed by atoms with Crippen molar-refractivity contribution in [2.75, 3.05) is 13.1 Å². The van der Waals surface area contributed by atoms with E-state index in [1.54, 1.807) is 12.1 Å². The molecule has 1 aromatic rings. The minimum absolute atomic E-state index is 0.422. The molecule has 1 aliphatic heterocycles. The van der Waals surface area contributed by atoms with E-state index in [4.69, 9.17) is 23.2 Å². The zero-order chi connectivity index (χ0) is 11.6. The molecule has 0 aliphatic carbocycles. The SMILES string of the molecule is FC1(Cc2ccc(Cl)c(Cl)c2)CCNCC1. The summed E-state index contributed by atoms with van der Waals surface area (Å²) in [5.41, 5.74) is -0.179. The van der Waals surface area contributed by atoms with E-state index in [1.807, 2.05) is 6.07 Å². The van der Waals surface area contributed by atoms with Crippen LogP contribution >= 0.6 is 23.2 Å². The van der Waals surface area contributed by atoms with E-state index in [9.17, 15) is 4.39 Å². The van der Waals surface area contributed by atoms with Crippen molar-refractivity contribution in [2.45, 2.75) is 24.9 Å². The lowest BCUT2D eigenvalue weighted by Crippen LogP contribution is -2.40. The van der Waals surface area contributed by atoms with Crippen molar-refractivity contribution >= 4 is 23.2 Å². The van der Waals surface area contributed by atoms with E-state index >= 15 is 0 Å². The van der Waals surface area contributed by atoms with Crippen molar-refractivity contribution in [2.24, 2.45) is 0 Å². The summed E-state index contributed by atoms with van der Waals surface area (Å²) < 4.78 is 14.4. The lowest BCUT2D eigenvalue weighted by molar-refractivity contribution is 0.116. The van der Waals surface area contributed by atoms with Gasteiger partial charge in [0.2, 0.25) is 0 Å². The first kappa shape index (κ1) is 12.2. The second kappa shape index (κ2) is 4.91. The summed E-state index contributed by atoms with van der Waals surface area (Å²) in [6, 6.07) is 5.33. The van der Waals surface area contributed by atoms with E-state index in [-0.39, 0.29) is 0 Å². The highest BCUT2D eigenvalue weighted by molar-refractivity contribution is 6.42. The topological polar surface area (TPSA) is 12.0 Å². The molecule has 0 amide bonds. The van der Waals surface area contributed by atoms with Crippen LogP contribution in [0.5, 0.6) is 0 Å². The van der Waals surface area contributed by atoms with Gasteiger partial charge in [0.15, 0.2) is 0 Å². The summed E-state index contributed by atoms with van der Waals surface area (Å²) in [6.45, 7) is 1.50. The molecule has 2 rings (SSSR count). The largest absolute Gasteiger partial charge is 0.316 e. The first-order valence-corrected chi connectivity index (χ1v) is 6.18. The Balaban J connectivity index is 2.10. The van der Waals surface area contributed by atoms with Crippen molar-refractivity contribution in [1.82, 2.24) is 5.32 Å². The minimum Gasteiger partial charge on any atom is -0.316 e. The van der Waals surface area contributed by atoms with Crippen LogP contribution in [0.2, 0.25) is 10.0 Å². The monoisotopic (exact) mass is 261 g/mol. The maximum Gasteiger partial charge on any atom is 0.117 e. The standard InChI is InChI=1S/C12H14Cl2FN/c13-10-2-1-9(7-11(10)14)8-12(15)3-5-16-6-4-12/h1-2,7,16H,3-6,8H2. The molecule has 0 saturated carbocycles. The summed E-state index contributed by atoms with van der Waals surface area (Å²) in [5, 5.41) is 4.17. The zero-order valence-corrected chi connectivity index (χ0v) is 10.4. The third-order valence-corrected chi connectivity index (χ3v) is 3.74. The normalized spacial score (nSPS) is 19.7. The van der Waals surface area contributed by atoms with Gasteiger partial charge in [-0.2, -0.15) is 0 Å². The molecule has 1 heterocycles. The molecule has 1 aliphatic rings. The molecule has 0 radical (unpaired) electrons. The molecule has 1 aromatic carbocycles. The zero-order valence-electron chi connectivity index (χ0n) is 8.90. The number of alkyl halides is 1. The van der Waals surface area contributed by atoms with Crippen LogP contribution in [-0.2, 0) is 6.42 Å². The third kappa shape index (κ3) is 2.88. The Bertz CT molecular complexity index is 375. The van der Waals surface area contributed by atoms with Crippen LogP contribution in [0.15, 0.2) is 18.2 Å². The van der Waals surface area contributed by atoms with Gasteiger partial charge in [-0.15, -0.1) is 0 Å². The molecule has 1 nitrogen and oxygen atoms in total. The lowest BCUT2D eigenvalue weighted by Gasteiger charge is -2.30. The van der Waals surface area contributed by atoms with Crippen LogP contribution in [0.1, 0.15) is 18.4 Å². The highest BCUT2D eigenvalue weighted by atomic mass is 35.5. The third-order valence-electron chi connectivity index (χ3n) is 3.00. The van der Waals surface area contributed by atoms with Crippen molar-refractivity contribution in [3.63, 3.8) is 0 Å². The predicted molar refractivity (Wildman–Crippen MR) is 66.1 cm³/mol. The Morgan fingerprint density at radius 1 is 1.19 bits per heavy atom. The van der Waals surface area contributed by atoms with E-state index in [1.165, 1.54) is 0 Å². The highest BCUT2D eigenvalue weighted by Crippen LogP contribution is 2.30. The van der Waals surface area contributed by atoms with Crippen molar-refractivity contribution < 1.29 is 4.39 Å². The molecule has 0 aromatic heterocycles. The molecule has 1 fully saturated rings. The van der Waals surface area contributed by atoms with Crippen LogP contribution in [0.4, 0.5) is 4.39 Å². The molecule has 0 unspecified atom stereocenters. The van der Waals surface area contributed by atoms with Gasteiger partial charge >= 0.3 is 0 Å². The fourth-order valence-corrected chi connectivity index (χ4v) is 2.39. The Hall–Kier alpha value is -0.310. The van der Waals surface area contributed by atoms with Gasteiger partial charge in [0, 0.05) is 6.42 Å². The van der Waals surface area contributed by atoms with Crippen LogP contribution in [0, 0.1) is 0 Å². The number of piperidine rings is 1. The van der Waals surface area contributed by atoms with Crippen molar-refractivity contribution in [3.05, 3.63) is 33.8 Å². The van der Waals surface area contributed by atoms with Gasteiger partial charge < -0.3 is 5.32 Å². The summed E-state index contributed by atoms with van der Waals surface area (Å²) in [7, 11) is 0. The van der Waals surface area contributed by atoms with Crippen LogP contribution in [-0.4, -0.2) is 18.8 Å². The van der Waals surface area contributed by atoms with Gasteiger partial charge in [0.05, 0.1) is 10.0 Å². The maximum atomic E-state index is 14.4. The lowest BCUT2D eigenvalue weighted by atomic mass is 9.88. The van der Waals surface area contributed by atoms with Gasteiger partial charge in [-0.3, -0.25) is 0 Å². The van der Waals surface area contributed by atoms with Gasteiger partial charge in [-0.25, -0.2) is 4.39 Å². The molecular formula is C12H14Cl2FN. The maximum absolute atomic E-state index is 14.4. The molecule has 0 bridgehead atoms. The summed E-state index contributed by atoms with van der Waals surface area (Å²) in [4.78, 5) is 0. The predicted octanol–water partition coefficient (Wildman–Crippen LogP) is 3.63. The van der Waals surface area contributed by atoms with E-state index in [0.717, 1.165) is 18.7 Å². The van der Waals surface area contributed by atoms with Crippen LogP contribution in [0.3, 0.4) is 0 Å². The van der Waals surface area contributed by atoms with Crippen molar-refractivity contribution in [3.8, 4) is 0 Å². The molecule has 88 valence electrons. The van der Waals surface area contributed by atoms with Gasteiger partial charge in [-0.1, -0.05) is 29.3 Å². The van der Waals surface area contributed by atoms with E-state index in [2.05, 4.69) is 5.32 Å². The smallest absolute Gasteiger partial charge is 0.117 e. The molecule has 4 heteroatoms. The average Bonchev–Trinajstić information content (AvgIpc) is 2.24. The van der Waals surface area contributed by atoms with Crippen LogP contribution in [0.25, 0.3) is 0 Å². The van der Waals surface area contributed by atoms with Gasteiger partial charge in [0.25, 0.3) is 0 Å². The average molecular weight is 262 g/mol. The Kier molecular flexibility index (Phi) is 3.73. The van der Waals surface area contributed by atoms with Gasteiger partial charge in [-0.05, 0) is 43.6 Å². The van der Waals surface area contributed by atoms with E-state index in [0.29, 0.717) is 29.3 Å². The second-order valence-electron chi connectivity index (χ2n) is 4.33. The molecular weight excluding hydrogens is 248 g/mol. The first-order chi connectivity index (χ1) is 7.59. The quantitative estimate of drug-likeness (QED) is 0.858. The number of benzene rings is 1. The fourth-order valence-electron chi connectivity index (χ4n) is 2.07. The minimum atomic E-state index is -1.09. The second-order valence-corrected chi connectivity index (χ2v) is 5.14. The molecule has 1 N–H and O–H groups in total. The number of rotatable bonds is 2. The Labute approximate surface area is 105 Å². The van der Waals surface area contributed by atoms with Crippen molar-refractivity contribution in [1.29, 1.82) is 0 Å². The first-order valence-electron chi connectivity index (χ1n) is 5.43. The molecule has 16 heavy (non-hydrogen) atoms. The molecule has 1 saturated heterocycles. The number of hydrogen-bond donors (Lipinski definition) is 1. The molecule has 0 spiro atoms. The number of nitrogens with one attached hydrogen (secondary N) is 1. The van der Waals surface area contributed by atoms with E-state index < -0.39 is 5.67 Å². The Morgan fingerprint density at radius 2 is 1.88 bits per heavy atom. The fraction of sp³-hybridized carbons (Fsp3) is 0.500. The Morgan fingerprint density at radius 3 is 2.50 bits per heavy atom. The summed E-state index contributed by atoms with van der Waals surface area (Å²) in [6.07, 6.45) is 1.55. The summed E-state index contributed by atoms with van der Waals surface area (Å²) in [5.74, 6) is 0. The van der Waals surface area contributed by atoms with Gasteiger partial charge in [0.1, 0.15) is 5.67 Å². The summed E-state index contributed by atoms with van der Waals surface area (Å²) >= 11 is 11.7. The molecule has 0 atom stereocenters. The number of hydrogen-bond acceptors (Lipinski definition) is 1. The number of halogens is 3.